The van der Waals surface area contributed by atoms with Crippen molar-refractivity contribution in [3.05, 3.63) is 41.5 Å². The zero-order valence-electron chi connectivity index (χ0n) is 13.5. The Morgan fingerprint density at radius 1 is 1.27 bits per heavy atom. The first-order valence-electron chi connectivity index (χ1n) is 6.52. The summed E-state index contributed by atoms with van der Waals surface area (Å²) in [6, 6.07) is 3.78. The van der Waals surface area contributed by atoms with Gasteiger partial charge in [0.1, 0.15) is 16.9 Å². The average molecular weight is 399 g/mol. The first-order chi connectivity index (χ1) is 8.88. The molecule has 118 valence electrons. The zero-order valence-corrected chi connectivity index (χ0v) is 17.3. The predicted molar refractivity (Wildman–Crippen MR) is 88.7 cm³/mol. The number of aliphatic hydroxyl groups is 1. The molecule has 6 heteroatoms. The summed E-state index contributed by atoms with van der Waals surface area (Å²) < 4.78 is 5.90. The number of likely N-dealkylation sites (N-methyl/N-ethyl adjacent to an activating group) is 1. The normalized spacial score (nSPS) is 14.6. The summed E-state index contributed by atoms with van der Waals surface area (Å²) in [5.74, 6) is 0.653. The SMILES string of the molecule is CN1CCc2c(Cl)ccc3oc(C(C)(C)O)c(c23)C1.[Br-].[CH3-].[Mg+2]. The molecule has 1 aromatic carbocycles. The molecule has 3 nitrogen and oxygen atoms in total. The van der Waals surface area contributed by atoms with Gasteiger partial charge in [-0.15, -0.1) is 0 Å². The molecule has 0 atom stereocenters. The van der Waals surface area contributed by atoms with Crippen LogP contribution in [-0.4, -0.2) is 46.7 Å². The summed E-state index contributed by atoms with van der Waals surface area (Å²) in [4.78, 5) is 2.23. The topological polar surface area (TPSA) is 36.6 Å². The van der Waals surface area contributed by atoms with Crippen LogP contribution in [0.4, 0.5) is 0 Å². The van der Waals surface area contributed by atoms with Crippen molar-refractivity contribution in [1.82, 2.24) is 4.90 Å². The molecule has 0 spiro atoms. The molecule has 3 rings (SSSR count). The van der Waals surface area contributed by atoms with Crippen molar-refractivity contribution in [1.29, 1.82) is 0 Å². The molecule has 0 bridgehead atoms. The maximum absolute atomic E-state index is 10.3. The fourth-order valence-electron chi connectivity index (χ4n) is 2.84. The molecule has 0 radical (unpaired) electrons. The summed E-state index contributed by atoms with van der Waals surface area (Å²) in [6.07, 6.45) is 0.907. The van der Waals surface area contributed by atoms with Crippen molar-refractivity contribution >= 4 is 45.6 Å². The first kappa shape index (κ1) is 22.2. The average Bonchev–Trinajstić information content (AvgIpc) is 2.57. The molecule has 0 saturated carbocycles. The van der Waals surface area contributed by atoms with Gasteiger partial charge in [-0.25, -0.2) is 0 Å². The van der Waals surface area contributed by atoms with Crippen molar-refractivity contribution < 1.29 is 26.5 Å². The molecule has 0 unspecified atom stereocenters. The Morgan fingerprint density at radius 2 is 1.91 bits per heavy atom. The Bertz CT molecular complexity index is 652. The molecule has 1 N–H and O–H groups in total. The van der Waals surface area contributed by atoms with Crippen molar-refractivity contribution in [3.63, 3.8) is 0 Å². The molecule has 1 aromatic heterocycles. The number of halogens is 2. The van der Waals surface area contributed by atoms with Crippen LogP contribution in [0.3, 0.4) is 0 Å². The fraction of sp³-hybridized carbons (Fsp3) is 0.438. The second-order valence-corrected chi connectivity index (χ2v) is 6.26. The quantitative estimate of drug-likeness (QED) is 0.557. The molecule has 2 heterocycles. The van der Waals surface area contributed by atoms with Crippen LogP contribution in [0.5, 0.6) is 0 Å². The molecule has 2 aromatic rings. The molecule has 0 aliphatic carbocycles. The number of benzene rings is 1. The predicted octanol–water partition coefficient (Wildman–Crippen LogP) is 0.375. The van der Waals surface area contributed by atoms with Crippen LogP contribution in [0.1, 0.15) is 30.7 Å². The van der Waals surface area contributed by atoms with Gasteiger partial charge in [0.15, 0.2) is 0 Å². The van der Waals surface area contributed by atoms with Crippen LogP contribution in [0.15, 0.2) is 16.5 Å². The van der Waals surface area contributed by atoms with Gasteiger partial charge >= 0.3 is 23.1 Å². The number of hydrogen-bond donors (Lipinski definition) is 1. The second kappa shape index (κ2) is 7.86. The van der Waals surface area contributed by atoms with Gasteiger partial charge in [0.2, 0.25) is 0 Å². The minimum Gasteiger partial charge on any atom is -1.00 e. The van der Waals surface area contributed by atoms with E-state index in [2.05, 4.69) is 11.9 Å². The summed E-state index contributed by atoms with van der Waals surface area (Å²) in [7, 11) is 2.08. The van der Waals surface area contributed by atoms with Gasteiger partial charge in [-0.2, -0.15) is 0 Å². The Balaban J connectivity index is 0.00000147. The smallest absolute Gasteiger partial charge is 1.00 e. The summed E-state index contributed by atoms with van der Waals surface area (Å²) >= 11 is 6.33. The zero-order chi connectivity index (χ0) is 13.8. The van der Waals surface area contributed by atoms with E-state index in [0.29, 0.717) is 5.76 Å². The Kier molecular flexibility index (Phi) is 7.94. The van der Waals surface area contributed by atoms with Crippen LogP contribution in [0, 0.1) is 7.43 Å². The van der Waals surface area contributed by atoms with Gasteiger partial charge in [-0.3, -0.25) is 0 Å². The van der Waals surface area contributed by atoms with Crippen LogP contribution in [0.2, 0.25) is 5.02 Å². The molecule has 1 aliphatic heterocycles. The van der Waals surface area contributed by atoms with E-state index in [1.807, 2.05) is 12.1 Å². The monoisotopic (exact) mass is 397 g/mol. The van der Waals surface area contributed by atoms with Crippen LogP contribution in [-0.2, 0) is 18.6 Å². The number of nitrogens with zero attached hydrogens (tertiary/aromatic N) is 1. The third-order valence-corrected chi connectivity index (χ3v) is 4.09. The van der Waals surface area contributed by atoms with Gasteiger partial charge in [0, 0.05) is 29.1 Å². The minimum atomic E-state index is -0.983. The first-order valence-corrected chi connectivity index (χ1v) is 6.90. The van der Waals surface area contributed by atoms with Crippen molar-refractivity contribution in [2.75, 3.05) is 13.6 Å². The summed E-state index contributed by atoms with van der Waals surface area (Å²) in [5.41, 5.74) is 2.04. The fourth-order valence-corrected chi connectivity index (χ4v) is 3.09. The number of rotatable bonds is 1. The Labute approximate surface area is 163 Å². The second-order valence-electron chi connectivity index (χ2n) is 5.86. The maximum Gasteiger partial charge on any atom is 2.00 e. The standard InChI is InChI=1S/C15H18ClNO2.CH3.BrH.Mg/c1-15(2,18)14-10-8-17(3)7-6-9-11(16)4-5-12(19-14)13(9)10;;;/h4-5,18H,6-8H2,1-3H3;1H3;1H;/q;-1;;+2/p-1. The third kappa shape index (κ3) is 3.82. The number of hydrogen-bond acceptors (Lipinski definition) is 3. The van der Waals surface area contributed by atoms with Gasteiger partial charge in [-0.1, -0.05) is 11.6 Å². The van der Waals surface area contributed by atoms with Gasteiger partial charge in [0.25, 0.3) is 0 Å². The van der Waals surface area contributed by atoms with E-state index in [1.165, 1.54) is 0 Å². The Morgan fingerprint density at radius 3 is 2.50 bits per heavy atom. The molecular formula is C16H21BrClMgNO2. The van der Waals surface area contributed by atoms with E-state index in [4.69, 9.17) is 16.0 Å². The van der Waals surface area contributed by atoms with Crippen LogP contribution in [0.25, 0.3) is 11.0 Å². The summed E-state index contributed by atoms with van der Waals surface area (Å²) in [5, 5.41) is 12.2. The Hall–Kier alpha value is 0.216. The minimum absolute atomic E-state index is 0. The van der Waals surface area contributed by atoms with Crippen molar-refractivity contribution in [2.45, 2.75) is 32.4 Å². The van der Waals surface area contributed by atoms with E-state index >= 15 is 0 Å². The molecule has 0 amide bonds. The van der Waals surface area contributed by atoms with Crippen molar-refractivity contribution in [3.8, 4) is 0 Å². The molecule has 0 fully saturated rings. The van der Waals surface area contributed by atoms with Gasteiger partial charge < -0.3 is 38.8 Å². The van der Waals surface area contributed by atoms with E-state index < -0.39 is 5.60 Å². The largest absolute Gasteiger partial charge is 2.00 e. The molecule has 1 aliphatic rings. The van der Waals surface area contributed by atoms with Crippen LogP contribution < -0.4 is 17.0 Å². The molecule has 22 heavy (non-hydrogen) atoms. The summed E-state index contributed by atoms with van der Waals surface area (Å²) in [6.45, 7) is 5.25. The molecule has 0 saturated heterocycles. The van der Waals surface area contributed by atoms with E-state index in [0.717, 1.165) is 46.6 Å². The van der Waals surface area contributed by atoms with Crippen molar-refractivity contribution in [2.24, 2.45) is 0 Å². The van der Waals surface area contributed by atoms with Gasteiger partial charge in [-0.05, 0) is 45.0 Å². The number of furan rings is 1. The van der Waals surface area contributed by atoms with Gasteiger partial charge in [0.05, 0.1) is 0 Å². The molecular weight excluding hydrogens is 378 g/mol. The van der Waals surface area contributed by atoms with E-state index in [1.54, 1.807) is 13.8 Å². The maximum atomic E-state index is 10.3. The van der Waals surface area contributed by atoms with E-state index in [-0.39, 0.29) is 47.5 Å². The third-order valence-electron chi connectivity index (χ3n) is 3.73. The van der Waals surface area contributed by atoms with Crippen LogP contribution >= 0.6 is 11.6 Å². The van der Waals surface area contributed by atoms with E-state index in [9.17, 15) is 5.11 Å².